The number of rotatable bonds is 6. The summed E-state index contributed by atoms with van der Waals surface area (Å²) in [5, 5.41) is 8.42. The second-order valence-electron chi connectivity index (χ2n) is 5.32. The van der Waals surface area contributed by atoms with Gasteiger partial charge in [0.05, 0.1) is 6.54 Å². The molecule has 6 heteroatoms. The fourth-order valence-corrected chi connectivity index (χ4v) is 2.99. The Balaban J connectivity index is 1.89. The minimum absolute atomic E-state index is 0.614. The van der Waals surface area contributed by atoms with E-state index in [-0.39, 0.29) is 0 Å². The van der Waals surface area contributed by atoms with Gasteiger partial charge < -0.3 is 9.99 Å². The largest absolute Gasteiger partial charge is 0.347 e. The number of para-hydroxylation sites is 1. The van der Waals surface area contributed by atoms with Gasteiger partial charge in [0.2, 0.25) is 4.77 Å². The van der Waals surface area contributed by atoms with Gasteiger partial charge in [-0.05, 0) is 37.2 Å². The van der Waals surface area contributed by atoms with Crippen LogP contribution >= 0.6 is 12.2 Å². The maximum atomic E-state index is 5.30. The second-order valence-corrected chi connectivity index (χ2v) is 5.71. The van der Waals surface area contributed by atoms with Crippen molar-refractivity contribution in [3.05, 3.63) is 46.6 Å². The number of aryl methyl sites for hydroxylation is 2. The molecule has 116 valence electrons. The highest BCUT2D eigenvalue weighted by atomic mass is 32.1. The van der Waals surface area contributed by atoms with Crippen molar-refractivity contribution >= 4 is 23.1 Å². The van der Waals surface area contributed by atoms with Crippen LogP contribution in [0.25, 0.3) is 10.9 Å². The number of fused-ring (bicyclic) bond motifs is 1. The molecule has 3 rings (SSSR count). The lowest BCUT2D eigenvalue weighted by Crippen LogP contribution is -2.17. The zero-order chi connectivity index (χ0) is 15.5. The van der Waals surface area contributed by atoms with Crippen LogP contribution in [0.15, 0.2) is 30.5 Å². The van der Waals surface area contributed by atoms with Crippen LogP contribution in [0.5, 0.6) is 0 Å². The molecule has 0 aliphatic carbocycles. The molecule has 0 saturated carbocycles. The minimum atomic E-state index is 0.614. The molecule has 0 saturated heterocycles. The number of aromatic amines is 1. The summed E-state index contributed by atoms with van der Waals surface area (Å²) >= 11 is 5.30. The van der Waals surface area contributed by atoms with E-state index in [0.717, 1.165) is 31.8 Å². The van der Waals surface area contributed by atoms with E-state index >= 15 is 0 Å². The molecule has 0 fully saturated rings. The van der Waals surface area contributed by atoms with Gasteiger partial charge in [-0.2, -0.15) is 5.10 Å². The molecule has 0 atom stereocenters. The zero-order valence-electron chi connectivity index (χ0n) is 13.0. The van der Waals surface area contributed by atoms with Gasteiger partial charge in [0.25, 0.3) is 0 Å². The smallest absolute Gasteiger partial charge is 0.214 e. The number of aromatic nitrogens is 4. The van der Waals surface area contributed by atoms with Crippen LogP contribution in [-0.2, 0) is 19.5 Å². The molecular formula is C16H21N5S. The SMILES string of the molecule is CCCc1n[nH]c(=S)n1NCc1cn(CC)c2ccccc12. The van der Waals surface area contributed by atoms with Crippen LogP contribution in [0.4, 0.5) is 0 Å². The van der Waals surface area contributed by atoms with Crippen molar-refractivity contribution in [3.8, 4) is 0 Å². The predicted molar refractivity (Wildman–Crippen MR) is 92.1 cm³/mol. The third-order valence-electron chi connectivity index (χ3n) is 3.85. The number of hydrogen-bond donors (Lipinski definition) is 2. The second kappa shape index (κ2) is 6.36. The maximum Gasteiger partial charge on any atom is 0.214 e. The Bertz CT molecular complexity index is 827. The number of hydrogen-bond acceptors (Lipinski definition) is 3. The lowest BCUT2D eigenvalue weighted by atomic mass is 10.2. The maximum absolute atomic E-state index is 5.30. The summed E-state index contributed by atoms with van der Waals surface area (Å²) in [7, 11) is 0. The van der Waals surface area contributed by atoms with E-state index in [1.165, 1.54) is 16.5 Å². The number of benzene rings is 1. The first kappa shape index (κ1) is 14.8. The van der Waals surface area contributed by atoms with Gasteiger partial charge in [-0.15, -0.1) is 0 Å². The Morgan fingerprint density at radius 2 is 2.09 bits per heavy atom. The van der Waals surface area contributed by atoms with E-state index in [9.17, 15) is 0 Å². The molecule has 0 unspecified atom stereocenters. The summed E-state index contributed by atoms with van der Waals surface area (Å²) in [6.45, 7) is 5.98. The van der Waals surface area contributed by atoms with Crippen molar-refractivity contribution in [2.45, 2.75) is 39.8 Å². The van der Waals surface area contributed by atoms with Crippen LogP contribution < -0.4 is 5.43 Å². The van der Waals surface area contributed by atoms with E-state index in [1.54, 1.807) is 0 Å². The van der Waals surface area contributed by atoms with Gasteiger partial charge in [-0.1, -0.05) is 25.1 Å². The summed E-state index contributed by atoms with van der Waals surface area (Å²) in [5.74, 6) is 0.951. The normalized spacial score (nSPS) is 11.2. The first-order valence-electron chi connectivity index (χ1n) is 7.71. The molecule has 3 aromatic rings. The number of nitrogens with zero attached hydrogens (tertiary/aromatic N) is 3. The van der Waals surface area contributed by atoms with Gasteiger partial charge in [0.1, 0.15) is 0 Å². The summed E-state index contributed by atoms with van der Waals surface area (Å²) < 4.78 is 4.77. The fraction of sp³-hybridized carbons (Fsp3) is 0.375. The van der Waals surface area contributed by atoms with E-state index in [2.05, 4.69) is 64.5 Å². The molecular weight excluding hydrogens is 294 g/mol. The Morgan fingerprint density at radius 1 is 1.27 bits per heavy atom. The third kappa shape index (κ3) is 2.66. The number of H-pyrrole nitrogens is 1. The average molecular weight is 315 g/mol. The molecule has 2 heterocycles. The van der Waals surface area contributed by atoms with Crippen molar-refractivity contribution in [3.63, 3.8) is 0 Å². The molecule has 22 heavy (non-hydrogen) atoms. The van der Waals surface area contributed by atoms with Crippen LogP contribution in [-0.4, -0.2) is 19.4 Å². The van der Waals surface area contributed by atoms with Crippen molar-refractivity contribution in [2.24, 2.45) is 0 Å². The van der Waals surface area contributed by atoms with Gasteiger partial charge >= 0.3 is 0 Å². The summed E-state index contributed by atoms with van der Waals surface area (Å²) in [4.78, 5) is 0. The molecule has 2 N–H and O–H groups in total. The van der Waals surface area contributed by atoms with Crippen LogP contribution in [0, 0.1) is 4.77 Å². The Hall–Kier alpha value is -2.08. The average Bonchev–Trinajstić information content (AvgIpc) is 3.07. The molecule has 2 aromatic heterocycles. The molecule has 5 nitrogen and oxygen atoms in total. The standard InChI is InChI=1S/C16H21N5S/c1-3-7-15-18-19-16(22)21(15)17-10-12-11-20(4-2)14-9-6-5-8-13(12)14/h5-6,8-9,11,17H,3-4,7,10H2,1-2H3,(H,19,22). The highest BCUT2D eigenvalue weighted by Gasteiger charge is 2.09. The Kier molecular flexibility index (Phi) is 4.29. The topological polar surface area (TPSA) is 50.6 Å². The van der Waals surface area contributed by atoms with Gasteiger partial charge in [0.15, 0.2) is 5.82 Å². The number of nitrogens with one attached hydrogen (secondary N) is 2. The Labute approximate surface area is 134 Å². The van der Waals surface area contributed by atoms with Gasteiger partial charge in [-0.3, -0.25) is 5.10 Å². The molecule has 0 aliphatic heterocycles. The monoisotopic (exact) mass is 315 g/mol. The van der Waals surface area contributed by atoms with Crippen molar-refractivity contribution in [2.75, 3.05) is 5.43 Å². The van der Waals surface area contributed by atoms with Crippen molar-refractivity contribution < 1.29 is 0 Å². The Morgan fingerprint density at radius 3 is 2.86 bits per heavy atom. The van der Waals surface area contributed by atoms with E-state index < -0.39 is 0 Å². The minimum Gasteiger partial charge on any atom is -0.347 e. The lowest BCUT2D eigenvalue weighted by molar-refractivity contribution is 0.729. The molecule has 0 radical (unpaired) electrons. The quantitative estimate of drug-likeness (QED) is 0.683. The highest BCUT2D eigenvalue weighted by molar-refractivity contribution is 7.71. The predicted octanol–water partition coefficient (Wildman–Crippen LogP) is 3.61. The van der Waals surface area contributed by atoms with Gasteiger partial charge in [0, 0.05) is 30.1 Å². The molecule has 0 bridgehead atoms. The third-order valence-corrected chi connectivity index (χ3v) is 4.13. The summed E-state index contributed by atoms with van der Waals surface area (Å²) in [6.07, 6.45) is 4.15. The molecule has 0 aliphatic rings. The molecule has 1 aromatic carbocycles. The zero-order valence-corrected chi connectivity index (χ0v) is 13.8. The van der Waals surface area contributed by atoms with E-state index in [0.29, 0.717) is 4.77 Å². The van der Waals surface area contributed by atoms with Crippen LogP contribution in [0.3, 0.4) is 0 Å². The van der Waals surface area contributed by atoms with Crippen LogP contribution in [0.1, 0.15) is 31.7 Å². The van der Waals surface area contributed by atoms with Gasteiger partial charge in [-0.25, -0.2) is 4.68 Å². The fourth-order valence-electron chi connectivity index (χ4n) is 2.77. The van der Waals surface area contributed by atoms with E-state index in [4.69, 9.17) is 12.2 Å². The van der Waals surface area contributed by atoms with Crippen molar-refractivity contribution in [1.82, 2.24) is 19.4 Å². The first-order valence-corrected chi connectivity index (χ1v) is 8.12. The first-order chi connectivity index (χ1) is 10.7. The van der Waals surface area contributed by atoms with Crippen LogP contribution in [0.2, 0.25) is 0 Å². The summed E-state index contributed by atoms with van der Waals surface area (Å²) in [5.41, 5.74) is 5.93. The highest BCUT2D eigenvalue weighted by Crippen LogP contribution is 2.21. The van der Waals surface area contributed by atoms with Crippen molar-refractivity contribution in [1.29, 1.82) is 0 Å². The molecule has 0 spiro atoms. The lowest BCUT2D eigenvalue weighted by Gasteiger charge is -2.09. The summed E-state index contributed by atoms with van der Waals surface area (Å²) in [6, 6.07) is 8.49. The van der Waals surface area contributed by atoms with E-state index in [1.807, 2.05) is 4.68 Å². The molecule has 0 amide bonds.